The first-order chi connectivity index (χ1) is 5.57. The lowest BCUT2D eigenvalue weighted by Gasteiger charge is -2.02. The van der Waals surface area contributed by atoms with Crippen molar-refractivity contribution in [2.75, 3.05) is 0 Å². The van der Waals surface area contributed by atoms with Gasteiger partial charge in [0.2, 0.25) is 0 Å². The molecule has 0 aliphatic rings. The molecule has 0 aliphatic heterocycles. The largest absolute Gasteiger partial charge is 0.298 e. The second-order valence-corrected chi connectivity index (χ2v) is 3.42. The number of rotatable bonds is 1. The van der Waals surface area contributed by atoms with Crippen LogP contribution in [0.4, 0.5) is 8.78 Å². The lowest BCUT2D eigenvalue weighted by Crippen LogP contribution is -1.98. The van der Waals surface area contributed by atoms with Gasteiger partial charge in [0.05, 0.1) is 9.13 Å². The summed E-state index contributed by atoms with van der Waals surface area (Å²) in [6.45, 7) is 1.62. The van der Waals surface area contributed by atoms with Crippen LogP contribution >= 0.6 is 22.6 Å². The standard InChI is InChI=1S/C8H5F2IO/c1-4-2-5(3-12)6(9)7(10)8(4)11/h2-3H,1H3. The number of benzene rings is 1. The summed E-state index contributed by atoms with van der Waals surface area (Å²) in [5, 5.41) is 0. The number of halogens is 3. The van der Waals surface area contributed by atoms with Gasteiger partial charge in [0.15, 0.2) is 17.9 Å². The van der Waals surface area contributed by atoms with E-state index in [0.717, 1.165) is 0 Å². The van der Waals surface area contributed by atoms with Crippen LogP contribution in [0.25, 0.3) is 0 Å². The smallest absolute Gasteiger partial charge is 0.173 e. The first-order valence-corrected chi connectivity index (χ1v) is 4.25. The fraction of sp³-hybridized carbons (Fsp3) is 0.125. The Labute approximate surface area is 81.9 Å². The third kappa shape index (κ3) is 1.48. The van der Waals surface area contributed by atoms with Crippen molar-refractivity contribution in [3.8, 4) is 0 Å². The molecule has 0 bridgehead atoms. The van der Waals surface area contributed by atoms with Crippen molar-refractivity contribution >= 4 is 28.9 Å². The molecule has 0 saturated heterocycles. The molecule has 1 aromatic carbocycles. The minimum atomic E-state index is -1.07. The zero-order valence-corrected chi connectivity index (χ0v) is 8.35. The molecule has 0 saturated carbocycles. The highest BCUT2D eigenvalue weighted by Crippen LogP contribution is 2.20. The van der Waals surface area contributed by atoms with Crippen LogP contribution in [0.5, 0.6) is 0 Å². The average Bonchev–Trinajstić information content (AvgIpc) is 2.08. The molecule has 1 nitrogen and oxygen atoms in total. The molecule has 1 rings (SSSR count). The van der Waals surface area contributed by atoms with Gasteiger partial charge in [-0.2, -0.15) is 0 Å². The SMILES string of the molecule is Cc1cc(C=O)c(F)c(F)c1I. The zero-order valence-electron chi connectivity index (χ0n) is 6.20. The van der Waals surface area contributed by atoms with Gasteiger partial charge < -0.3 is 0 Å². The molecule has 0 aromatic heterocycles. The quantitative estimate of drug-likeness (QED) is 0.439. The summed E-state index contributed by atoms with van der Waals surface area (Å²) < 4.78 is 25.9. The van der Waals surface area contributed by atoms with Crippen molar-refractivity contribution < 1.29 is 13.6 Å². The van der Waals surface area contributed by atoms with E-state index in [1.165, 1.54) is 6.07 Å². The third-order valence-corrected chi connectivity index (χ3v) is 2.81. The monoisotopic (exact) mass is 282 g/mol. The summed E-state index contributed by atoms with van der Waals surface area (Å²) in [6, 6.07) is 1.33. The number of hydrogen-bond donors (Lipinski definition) is 0. The summed E-state index contributed by atoms with van der Waals surface area (Å²) in [4.78, 5) is 10.2. The van der Waals surface area contributed by atoms with E-state index in [4.69, 9.17) is 0 Å². The fourth-order valence-corrected chi connectivity index (χ4v) is 1.23. The van der Waals surface area contributed by atoms with Crippen molar-refractivity contribution in [1.82, 2.24) is 0 Å². The van der Waals surface area contributed by atoms with E-state index in [0.29, 0.717) is 11.8 Å². The summed E-state index contributed by atoms with van der Waals surface area (Å²) >= 11 is 1.70. The molecule has 0 N–H and O–H groups in total. The van der Waals surface area contributed by atoms with Crippen LogP contribution in [0.2, 0.25) is 0 Å². The molecule has 0 heterocycles. The molecule has 0 aliphatic carbocycles. The van der Waals surface area contributed by atoms with Gasteiger partial charge in [0, 0.05) is 0 Å². The number of hydrogen-bond acceptors (Lipinski definition) is 1. The van der Waals surface area contributed by atoms with Gasteiger partial charge in [-0.15, -0.1) is 0 Å². The van der Waals surface area contributed by atoms with E-state index in [1.54, 1.807) is 29.5 Å². The van der Waals surface area contributed by atoms with Crippen LogP contribution in [0.1, 0.15) is 15.9 Å². The Morgan fingerprint density at radius 1 is 1.42 bits per heavy atom. The number of aryl methyl sites for hydroxylation is 1. The molecule has 64 valence electrons. The van der Waals surface area contributed by atoms with Gasteiger partial charge in [0.1, 0.15) is 0 Å². The predicted molar refractivity (Wildman–Crippen MR) is 49.2 cm³/mol. The minimum Gasteiger partial charge on any atom is -0.298 e. The molecule has 0 atom stereocenters. The molecule has 0 amide bonds. The molecule has 0 unspecified atom stereocenters. The Morgan fingerprint density at radius 3 is 2.50 bits per heavy atom. The van der Waals surface area contributed by atoms with E-state index >= 15 is 0 Å². The highest BCUT2D eigenvalue weighted by atomic mass is 127. The molecule has 1 aromatic rings. The normalized spacial score (nSPS) is 10.0. The Kier molecular flexibility index (Phi) is 2.76. The summed E-state index contributed by atoms with van der Waals surface area (Å²) in [7, 11) is 0. The number of carbonyl (C=O) groups is 1. The van der Waals surface area contributed by atoms with Crippen LogP contribution in [0.15, 0.2) is 6.07 Å². The Hall–Kier alpha value is -0.520. The van der Waals surface area contributed by atoms with Crippen molar-refractivity contribution in [2.45, 2.75) is 6.92 Å². The van der Waals surface area contributed by atoms with Gasteiger partial charge in [0.25, 0.3) is 0 Å². The lowest BCUT2D eigenvalue weighted by molar-refractivity contribution is 0.111. The Bertz CT molecular complexity index is 336. The molecule has 12 heavy (non-hydrogen) atoms. The van der Waals surface area contributed by atoms with Crippen molar-refractivity contribution in [3.63, 3.8) is 0 Å². The van der Waals surface area contributed by atoms with Gasteiger partial charge in [-0.1, -0.05) is 0 Å². The molecule has 0 spiro atoms. The van der Waals surface area contributed by atoms with Crippen LogP contribution in [0.3, 0.4) is 0 Å². The maximum absolute atomic E-state index is 12.9. The number of aldehydes is 1. The van der Waals surface area contributed by atoms with E-state index in [9.17, 15) is 13.6 Å². The Morgan fingerprint density at radius 2 is 2.00 bits per heavy atom. The second kappa shape index (κ2) is 3.47. The second-order valence-electron chi connectivity index (χ2n) is 2.34. The fourth-order valence-electron chi connectivity index (χ4n) is 0.842. The number of carbonyl (C=O) groups excluding carboxylic acids is 1. The molecular formula is C8H5F2IO. The molecular weight excluding hydrogens is 277 g/mol. The van der Waals surface area contributed by atoms with Gasteiger partial charge in [-0.25, -0.2) is 8.78 Å². The van der Waals surface area contributed by atoms with E-state index in [2.05, 4.69) is 0 Å². The van der Waals surface area contributed by atoms with Crippen LogP contribution < -0.4 is 0 Å². The summed E-state index contributed by atoms with van der Waals surface area (Å²) in [6.07, 6.45) is 0.307. The third-order valence-electron chi connectivity index (χ3n) is 1.48. The van der Waals surface area contributed by atoms with E-state index < -0.39 is 11.6 Å². The van der Waals surface area contributed by atoms with Gasteiger partial charge >= 0.3 is 0 Å². The van der Waals surface area contributed by atoms with Gasteiger partial charge in [-0.05, 0) is 41.1 Å². The maximum atomic E-state index is 12.9. The topological polar surface area (TPSA) is 17.1 Å². The van der Waals surface area contributed by atoms with Crippen molar-refractivity contribution in [1.29, 1.82) is 0 Å². The van der Waals surface area contributed by atoms with Crippen molar-refractivity contribution in [2.24, 2.45) is 0 Å². The molecule has 4 heteroatoms. The molecule has 0 radical (unpaired) electrons. The lowest BCUT2D eigenvalue weighted by atomic mass is 10.1. The predicted octanol–water partition coefficient (Wildman–Crippen LogP) is 2.69. The van der Waals surface area contributed by atoms with Crippen LogP contribution in [0, 0.1) is 22.1 Å². The summed E-state index contributed by atoms with van der Waals surface area (Å²) in [5.41, 5.74) is 0.335. The molecule has 0 fully saturated rings. The van der Waals surface area contributed by atoms with Crippen LogP contribution in [-0.2, 0) is 0 Å². The Balaban J connectivity index is 3.49. The van der Waals surface area contributed by atoms with Crippen molar-refractivity contribution in [3.05, 3.63) is 32.4 Å². The highest BCUT2D eigenvalue weighted by Gasteiger charge is 2.13. The average molecular weight is 282 g/mol. The zero-order chi connectivity index (χ0) is 9.30. The van der Waals surface area contributed by atoms with Crippen LogP contribution in [-0.4, -0.2) is 6.29 Å². The van der Waals surface area contributed by atoms with Gasteiger partial charge in [-0.3, -0.25) is 4.79 Å². The van der Waals surface area contributed by atoms with E-state index in [-0.39, 0.29) is 9.13 Å². The first-order valence-electron chi connectivity index (χ1n) is 3.17. The summed E-state index contributed by atoms with van der Waals surface area (Å²) in [5.74, 6) is -2.02. The minimum absolute atomic E-state index is 0.218. The van der Waals surface area contributed by atoms with E-state index in [1.807, 2.05) is 0 Å². The highest BCUT2D eigenvalue weighted by molar-refractivity contribution is 14.1. The first kappa shape index (κ1) is 9.57. The maximum Gasteiger partial charge on any atom is 0.173 e.